The van der Waals surface area contributed by atoms with Crippen molar-refractivity contribution in [1.29, 1.82) is 5.41 Å². The maximum Gasteiger partial charge on any atom is 0.236 e. The largest absolute Gasteiger partial charge is 0.378 e. The number of nitrogens with two attached hydrogens (primary N) is 1. The van der Waals surface area contributed by atoms with Gasteiger partial charge in [0.15, 0.2) is 0 Å². The molecular weight excluding hydrogens is 486 g/mol. The van der Waals surface area contributed by atoms with Gasteiger partial charge in [-0.15, -0.1) is 0 Å². The topological polar surface area (TPSA) is 98.4 Å². The zero-order chi connectivity index (χ0) is 28.5. The molecule has 1 aromatic carbocycles. The first kappa shape index (κ1) is 30.8. The fourth-order valence-electron chi connectivity index (χ4n) is 5.74. The third kappa shape index (κ3) is 7.47. The van der Waals surface area contributed by atoms with Crippen LogP contribution >= 0.6 is 0 Å². The first-order valence-electron chi connectivity index (χ1n) is 14.6. The van der Waals surface area contributed by atoms with Crippen LogP contribution in [0.5, 0.6) is 0 Å². The molecule has 0 aliphatic carbocycles. The van der Waals surface area contributed by atoms with Crippen LogP contribution in [0.2, 0.25) is 0 Å². The molecule has 0 bridgehead atoms. The fourth-order valence-corrected chi connectivity index (χ4v) is 5.74. The molecule has 4 rings (SSSR count). The Morgan fingerprint density at radius 2 is 1.85 bits per heavy atom. The van der Waals surface area contributed by atoms with E-state index in [-0.39, 0.29) is 5.91 Å². The normalized spacial score (nSPS) is 17.9. The lowest BCUT2D eigenvalue weighted by atomic mass is 9.87. The number of likely N-dealkylation sites (tertiary alicyclic amines) is 1. The molecule has 2 aliphatic heterocycles. The number of allylic oxidation sites excluding steroid dienone is 4. The lowest BCUT2D eigenvalue weighted by Crippen LogP contribution is -2.47. The second-order valence-corrected chi connectivity index (χ2v) is 10.8. The van der Waals surface area contributed by atoms with Crippen LogP contribution in [0.4, 0.5) is 0 Å². The zero-order valence-electron chi connectivity index (χ0n) is 24.9. The van der Waals surface area contributed by atoms with Crippen molar-refractivity contribution in [3.8, 4) is 0 Å². The van der Waals surface area contributed by atoms with Crippen LogP contribution in [0.1, 0.15) is 82.5 Å². The second kappa shape index (κ2) is 14.6. The smallest absolute Gasteiger partial charge is 0.236 e. The number of aromatic nitrogens is 1. The van der Waals surface area contributed by atoms with Crippen LogP contribution in [0.3, 0.4) is 0 Å². The maximum absolute atomic E-state index is 12.7. The summed E-state index contributed by atoms with van der Waals surface area (Å²) >= 11 is 0. The summed E-state index contributed by atoms with van der Waals surface area (Å²) in [6, 6.07) is 6.93. The van der Waals surface area contributed by atoms with Gasteiger partial charge in [-0.2, -0.15) is 0 Å². The van der Waals surface area contributed by atoms with Gasteiger partial charge in [0.05, 0.1) is 19.8 Å². The monoisotopic (exact) mass is 535 g/mol. The first-order valence-corrected chi connectivity index (χ1v) is 14.6. The number of nitrogens with zero attached hydrogens (tertiary/aromatic N) is 2. The van der Waals surface area contributed by atoms with Crippen molar-refractivity contribution in [3.63, 3.8) is 0 Å². The summed E-state index contributed by atoms with van der Waals surface area (Å²) in [6.07, 6.45) is 7.20. The molecule has 4 N–H and O–H groups in total. The Morgan fingerprint density at radius 3 is 2.44 bits per heavy atom. The Kier molecular flexibility index (Phi) is 11.5. The highest BCUT2D eigenvalue weighted by Gasteiger charge is 2.26. The number of amides is 1. The van der Waals surface area contributed by atoms with Crippen molar-refractivity contribution in [1.82, 2.24) is 14.8 Å². The summed E-state index contributed by atoms with van der Waals surface area (Å²) in [5.41, 5.74) is 12.4. The standard InChI is InChI=1S/C31H44N4O2.CH5N/c1-6-23(18-22(5)27(32)7-2)31-30(21(3)4)26-19-25(8-9-28(26)33-31)24-10-12-34(13-11-24)20-29(36)35-14-16-37-17-15-35;1-2/h6,8-9,18-19,21,24,32-33H,7,10-17,20H2,1-5H3;2H2,1H3/b22-18-,23-6+,32-27?;. The Bertz CT molecular complexity index is 1180. The van der Waals surface area contributed by atoms with Gasteiger partial charge in [0.25, 0.3) is 0 Å². The minimum Gasteiger partial charge on any atom is -0.378 e. The number of benzene rings is 1. The van der Waals surface area contributed by atoms with E-state index in [1.165, 1.54) is 34.8 Å². The number of nitrogens with one attached hydrogen (secondary N) is 2. The van der Waals surface area contributed by atoms with Gasteiger partial charge in [-0.05, 0) is 106 Å². The number of rotatable bonds is 8. The van der Waals surface area contributed by atoms with Crippen LogP contribution < -0.4 is 5.73 Å². The Labute approximate surface area is 235 Å². The van der Waals surface area contributed by atoms with Gasteiger partial charge in [-0.25, -0.2) is 0 Å². The first-order chi connectivity index (χ1) is 18.8. The highest BCUT2D eigenvalue weighted by atomic mass is 16.5. The van der Waals surface area contributed by atoms with Crippen LogP contribution in [-0.4, -0.2) is 79.4 Å². The number of morpholine rings is 1. The molecule has 7 nitrogen and oxygen atoms in total. The molecule has 2 saturated heterocycles. The summed E-state index contributed by atoms with van der Waals surface area (Å²) in [6.45, 7) is 15.9. The summed E-state index contributed by atoms with van der Waals surface area (Å²) in [5, 5.41) is 9.54. The number of ether oxygens (including phenoxy) is 1. The van der Waals surface area contributed by atoms with E-state index in [4.69, 9.17) is 10.1 Å². The number of fused-ring (bicyclic) bond motifs is 1. The van der Waals surface area contributed by atoms with Crippen LogP contribution in [0, 0.1) is 5.41 Å². The molecule has 3 heterocycles. The van der Waals surface area contributed by atoms with Gasteiger partial charge in [-0.1, -0.05) is 32.9 Å². The molecule has 0 spiro atoms. The lowest BCUT2D eigenvalue weighted by Gasteiger charge is -2.34. The molecule has 1 amide bonds. The Balaban J connectivity index is 0.00000205. The average molecular weight is 536 g/mol. The molecule has 0 radical (unpaired) electrons. The van der Waals surface area contributed by atoms with E-state index in [9.17, 15) is 4.79 Å². The second-order valence-electron chi connectivity index (χ2n) is 10.8. The molecule has 2 aromatic rings. The number of carbonyl (C=O) groups is 1. The van der Waals surface area contributed by atoms with Crippen molar-refractivity contribution in [2.24, 2.45) is 5.73 Å². The van der Waals surface area contributed by atoms with Gasteiger partial charge in [0, 0.05) is 35.4 Å². The predicted molar refractivity (Wildman–Crippen MR) is 164 cm³/mol. The van der Waals surface area contributed by atoms with Gasteiger partial charge < -0.3 is 25.8 Å². The third-order valence-corrected chi connectivity index (χ3v) is 8.02. The summed E-state index contributed by atoms with van der Waals surface area (Å²) in [5.74, 6) is 1.13. The summed E-state index contributed by atoms with van der Waals surface area (Å²) < 4.78 is 5.38. The van der Waals surface area contributed by atoms with E-state index < -0.39 is 0 Å². The van der Waals surface area contributed by atoms with Crippen molar-refractivity contribution < 1.29 is 9.53 Å². The van der Waals surface area contributed by atoms with Crippen molar-refractivity contribution in [2.45, 2.75) is 65.7 Å². The van der Waals surface area contributed by atoms with Gasteiger partial charge >= 0.3 is 0 Å². The molecular formula is C32H49N5O2. The quantitative estimate of drug-likeness (QED) is 0.299. The van der Waals surface area contributed by atoms with Crippen molar-refractivity contribution in [2.75, 3.05) is 53.0 Å². The number of hydrogen-bond acceptors (Lipinski definition) is 5. The number of aromatic amines is 1. The maximum atomic E-state index is 12.7. The minimum absolute atomic E-state index is 0.239. The molecule has 39 heavy (non-hydrogen) atoms. The predicted octanol–water partition coefficient (Wildman–Crippen LogP) is 5.68. The van der Waals surface area contributed by atoms with Crippen molar-refractivity contribution in [3.05, 3.63) is 52.7 Å². The van der Waals surface area contributed by atoms with Crippen LogP contribution in [-0.2, 0) is 9.53 Å². The van der Waals surface area contributed by atoms with Gasteiger partial charge in [0.1, 0.15) is 0 Å². The Hall–Kier alpha value is -2.74. The highest BCUT2D eigenvalue weighted by molar-refractivity contribution is 6.00. The van der Waals surface area contributed by atoms with Gasteiger partial charge in [0.2, 0.25) is 5.91 Å². The van der Waals surface area contributed by atoms with E-state index in [2.05, 4.69) is 66.7 Å². The summed E-state index contributed by atoms with van der Waals surface area (Å²) in [7, 11) is 1.50. The van der Waals surface area contributed by atoms with Crippen molar-refractivity contribution >= 4 is 28.1 Å². The molecule has 0 saturated carbocycles. The van der Waals surface area contributed by atoms with E-state index in [0.717, 1.165) is 56.6 Å². The van der Waals surface area contributed by atoms with Gasteiger partial charge in [-0.3, -0.25) is 9.69 Å². The fraction of sp³-hybridized carbons (Fsp3) is 0.562. The number of carbonyl (C=O) groups excluding carboxylic acids is 1. The summed E-state index contributed by atoms with van der Waals surface area (Å²) in [4.78, 5) is 20.6. The Morgan fingerprint density at radius 1 is 1.18 bits per heavy atom. The molecule has 1 aromatic heterocycles. The van der Waals surface area contributed by atoms with Crippen LogP contribution in [0.15, 0.2) is 35.9 Å². The molecule has 0 atom stereocenters. The van der Waals surface area contributed by atoms with E-state index in [1.54, 1.807) is 0 Å². The molecule has 0 unspecified atom stereocenters. The number of piperidine rings is 1. The van der Waals surface area contributed by atoms with E-state index in [0.29, 0.717) is 37.3 Å². The third-order valence-electron chi connectivity index (χ3n) is 8.02. The molecule has 2 aliphatic rings. The molecule has 2 fully saturated rings. The van der Waals surface area contributed by atoms with E-state index >= 15 is 0 Å². The molecule has 7 heteroatoms. The molecule has 214 valence electrons. The number of H-pyrrole nitrogens is 1. The lowest BCUT2D eigenvalue weighted by molar-refractivity contribution is -0.136. The number of hydrogen-bond donors (Lipinski definition) is 3. The highest BCUT2D eigenvalue weighted by Crippen LogP contribution is 2.37. The minimum atomic E-state index is 0.239. The zero-order valence-corrected chi connectivity index (χ0v) is 24.9. The van der Waals surface area contributed by atoms with Crippen LogP contribution in [0.25, 0.3) is 16.5 Å². The SMILES string of the molecule is C/C=C(\C=C(\C)C(=N)CC)c1[nH]c2ccc(C3CCN(CC(=O)N4CCOCC4)CC3)cc2c1C(C)C.CN. The average Bonchev–Trinajstić information content (AvgIpc) is 3.36. The van der Waals surface area contributed by atoms with E-state index in [1.807, 2.05) is 18.7 Å².